The van der Waals surface area contributed by atoms with Gasteiger partial charge in [0.15, 0.2) is 10.2 Å². The van der Waals surface area contributed by atoms with E-state index in [-0.39, 0.29) is 15.9 Å². The monoisotopic (exact) mass is 271 g/mol. The highest BCUT2D eigenvalue weighted by molar-refractivity contribution is 7.99. The Morgan fingerprint density at radius 1 is 1.53 bits per heavy atom. The second-order valence-electron chi connectivity index (χ2n) is 3.04. The lowest BCUT2D eigenvalue weighted by molar-refractivity contribution is -0.388. The van der Waals surface area contributed by atoms with Crippen LogP contribution >= 0.6 is 23.4 Å². The van der Waals surface area contributed by atoms with Crippen molar-refractivity contribution >= 4 is 29.1 Å². The van der Waals surface area contributed by atoms with Gasteiger partial charge in [0.1, 0.15) is 11.5 Å². The standard InChI is InChI=1S/C8H6ClN5O2S/c1-13-4-10-12-8(13)17-7-5(14(15)16)2-3-6(9)11-7/h2-4H,1H3. The van der Waals surface area contributed by atoms with E-state index in [1.807, 2.05) is 0 Å². The molecule has 0 bridgehead atoms. The number of nitro groups is 1. The van der Waals surface area contributed by atoms with Gasteiger partial charge in [-0.2, -0.15) is 0 Å². The third kappa shape index (κ3) is 2.53. The maximum absolute atomic E-state index is 10.8. The largest absolute Gasteiger partial charge is 0.311 e. The summed E-state index contributed by atoms with van der Waals surface area (Å²) in [6.07, 6.45) is 1.50. The first kappa shape index (κ1) is 11.8. The molecule has 0 aliphatic rings. The molecule has 2 aromatic heterocycles. The maximum atomic E-state index is 10.8. The van der Waals surface area contributed by atoms with Crippen LogP contribution < -0.4 is 0 Å². The molecule has 0 amide bonds. The Balaban J connectivity index is 2.41. The summed E-state index contributed by atoms with van der Waals surface area (Å²) in [6, 6.07) is 2.69. The summed E-state index contributed by atoms with van der Waals surface area (Å²) in [6.45, 7) is 0. The van der Waals surface area contributed by atoms with Crippen molar-refractivity contribution < 1.29 is 4.92 Å². The average Bonchev–Trinajstić information content (AvgIpc) is 2.64. The van der Waals surface area contributed by atoms with E-state index in [0.717, 1.165) is 11.8 Å². The molecule has 9 heteroatoms. The van der Waals surface area contributed by atoms with Crippen molar-refractivity contribution in [2.75, 3.05) is 0 Å². The smallest absolute Gasteiger partial charge is 0.301 e. The number of pyridine rings is 1. The van der Waals surface area contributed by atoms with Gasteiger partial charge in [0, 0.05) is 13.1 Å². The number of hydrogen-bond acceptors (Lipinski definition) is 6. The maximum Gasteiger partial charge on any atom is 0.301 e. The molecule has 2 heterocycles. The number of nitrogens with zero attached hydrogens (tertiary/aromatic N) is 5. The molecule has 2 aromatic rings. The molecule has 0 aromatic carbocycles. The Hall–Kier alpha value is -1.67. The lowest BCUT2D eigenvalue weighted by atomic mass is 10.4. The van der Waals surface area contributed by atoms with Gasteiger partial charge in [0.05, 0.1) is 4.92 Å². The topological polar surface area (TPSA) is 86.7 Å². The quantitative estimate of drug-likeness (QED) is 0.481. The third-order valence-corrected chi connectivity index (χ3v) is 3.12. The average molecular weight is 272 g/mol. The van der Waals surface area contributed by atoms with Crippen LogP contribution in [0.4, 0.5) is 5.69 Å². The molecular weight excluding hydrogens is 266 g/mol. The predicted molar refractivity (Wildman–Crippen MR) is 61.0 cm³/mol. The molecule has 2 rings (SSSR count). The molecular formula is C8H6ClN5O2S. The van der Waals surface area contributed by atoms with E-state index >= 15 is 0 Å². The third-order valence-electron chi connectivity index (χ3n) is 1.86. The molecule has 0 aliphatic heterocycles. The highest BCUT2D eigenvalue weighted by Crippen LogP contribution is 2.32. The summed E-state index contributed by atoms with van der Waals surface area (Å²) < 4.78 is 1.64. The minimum Gasteiger partial charge on any atom is -0.311 e. The van der Waals surface area contributed by atoms with Crippen molar-refractivity contribution in [2.45, 2.75) is 10.2 Å². The first-order valence-electron chi connectivity index (χ1n) is 4.40. The summed E-state index contributed by atoms with van der Waals surface area (Å²) in [5.74, 6) is 0. The molecule has 0 N–H and O–H groups in total. The van der Waals surface area contributed by atoms with Gasteiger partial charge >= 0.3 is 5.69 Å². The SMILES string of the molecule is Cn1cnnc1Sc1nc(Cl)ccc1[N+](=O)[O-]. The normalized spacial score (nSPS) is 10.5. The van der Waals surface area contributed by atoms with Gasteiger partial charge in [0.25, 0.3) is 0 Å². The van der Waals surface area contributed by atoms with Crippen LogP contribution in [0.25, 0.3) is 0 Å². The summed E-state index contributed by atoms with van der Waals surface area (Å²) in [4.78, 5) is 14.2. The van der Waals surface area contributed by atoms with Crippen molar-refractivity contribution in [3.05, 3.63) is 33.7 Å². The molecule has 0 fully saturated rings. The Morgan fingerprint density at radius 3 is 2.88 bits per heavy atom. The van der Waals surface area contributed by atoms with Crippen LogP contribution in [-0.4, -0.2) is 24.7 Å². The van der Waals surface area contributed by atoms with E-state index in [1.54, 1.807) is 11.6 Å². The molecule has 0 radical (unpaired) electrons. The first-order chi connectivity index (χ1) is 8.08. The zero-order chi connectivity index (χ0) is 12.4. The van der Waals surface area contributed by atoms with E-state index in [9.17, 15) is 10.1 Å². The van der Waals surface area contributed by atoms with Crippen LogP contribution in [0, 0.1) is 10.1 Å². The number of hydrogen-bond donors (Lipinski definition) is 0. The van der Waals surface area contributed by atoms with Gasteiger partial charge in [0.2, 0.25) is 0 Å². The van der Waals surface area contributed by atoms with E-state index in [4.69, 9.17) is 11.6 Å². The molecule has 0 spiro atoms. The second-order valence-corrected chi connectivity index (χ2v) is 4.39. The van der Waals surface area contributed by atoms with Crippen LogP contribution in [-0.2, 0) is 7.05 Å². The molecule has 7 nitrogen and oxygen atoms in total. The number of rotatable bonds is 3. The fraction of sp³-hybridized carbons (Fsp3) is 0.125. The molecule has 0 saturated carbocycles. The van der Waals surface area contributed by atoms with E-state index in [2.05, 4.69) is 15.2 Å². The van der Waals surface area contributed by atoms with Gasteiger partial charge in [-0.25, -0.2) is 4.98 Å². The predicted octanol–water partition coefficient (Wildman–Crippen LogP) is 1.92. The molecule has 0 atom stereocenters. The minimum atomic E-state index is -0.512. The zero-order valence-corrected chi connectivity index (χ0v) is 10.1. The first-order valence-corrected chi connectivity index (χ1v) is 5.60. The summed E-state index contributed by atoms with van der Waals surface area (Å²) >= 11 is 6.75. The van der Waals surface area contributed by atoms with Crippen molar-refractivity contribution in [1.29, 1.82) is 0 Å². The zero-order valence-electron chi connectivity index (χ0n) is 8.57. The highest BCUT2D eigenvalue weighted by atomic mass is 35.5. The number of aryl methyl sites for hydroxylation is 1. The molecule has 0 unspecified atom stereocenters. The fourth-order valence-electron chi connectivity index (χ4n) is 1.08. The summed E-state index contributed by atoms with van der Waals surface area (Å²) in [5, 5.41) is 19.2. The van der Waals surface area contributed by atoms with E-state index < -0.39 is 4.92 Å². The van der Waals surface area contributed by atoms with Gasteiger partial charge < -0.3 is 4.57 Å². The Bertz CT molecular complexity index is 573. The van der Waals surface area contributed by atoms with Gasteiger partial charge in [-0.1, -0.05) is 11.6 Å². The minimum absolute atomic E-state index is 0.109. The van der Waals surface area contributed by atoms with Crippen LogP contribution in [0.5, 0.6) is 0 Å². The van der Waals surface area contributed by atoms with Gasteiger partial charge in [-0.15, -0.1) is 10.2 Å². The van der Waals surface area contributed by atoms with E-state index in [1.165, 1.54) is 18.5 Å². The molecule has 0 aliphatic carbocycles. The number of aromatic nitrogens is 4. The Kier molecular flexibility index (Phi) is 3.25. The Morgan fingerprint density at radius 2 is 2.29 bits per heavy atom. The van der Waals surface area contributed by atoms with Crippen LogP contribution in [0.2, 0.25) is 5.15 Å². The van der Waals surface area contributed by atoms with Crippen molar-refractivity contribution in [3.63, 3.8) is 0 Å². The van der Waals surface area contributed by atoms with Gasteiger partial charge in [-0.3, -0.25) is 10.1 Å². The molecule has 17 heavy (non-hydrogen) atoms. The van der Waals surface area contributed by atoms with Crippen LogP contribution in [0.3, 0.4) is 0 Å². The number of halogens is 1. The van der Waals surface area contributed by atoms with Crippen molar-refractivity contribution in [1.82, 2.24) is 19.7 Å². The highest BCUT2D eigenvalue weighted by Gasteiger charge is 2.18. The summed E-state index contributed by atoms with van der Waals surface area (Å²) in [5.41, 5.74) is -0.109. The lowest BCUT2D eigenvalue weighted by Crippen LogP contribution is -1.95. The second kappa shape index (κ2) is 4.68. The van der Waals surface area contributed by atoms with Crippen molar-refractivity contribution in [3.8, 4) is 0 Å². The van der Waals surface area contributed by atoms with Gasteiger partial charge in [-0.05, 0) is 17.8 Å². The van der Waals surface area contributed by atoms with E-state index in [0.29, 0.717) is 5.16 Å². The molecule has 88 valence electrons. The van der Waals surface area contributed by atoms with Crippen LogP contribution in [0.15, 0.2) is 28.6 Å². The lowest BCUT2D eigenvalue weighted by Gasteiger charge is -2.01. The molecule has 0 saturated heterocycles. The fourth-order valence-corrected chi connectivity index (χ4v) is 2.12. The van der Waals surface area contributed by atoms with Crippen molar-refractivity contribution in [2.24, 2.45) is 7.05 Å². The summed E-state index contributed by atoms with van der Waals surface area (Å²) in [7, 11) is 1.73. The van der Waals surface area contributed by atoms with Crippen LogP contribution in [0.1, 0.15) is 0 Å². The Labute approximate surface area is 105 Å².